The van der Waals surface area contributed by atoms with Crippen LogP contribution in [0.25, 0.3) is 0 Å². The highest BCUT2D eigenvalue weighted by atomic mass is 16.5. The summed E-state index contributed by atoms with van der Waals surface area (Å²) < 4.78 is 16.0. The summed E-state index contributed by atoms with van der Waals surface area (Å²) in [6.07, 6.45) is 0.557. The molecule has 0 spiro atoms. The van der Waals surface area contributed by atoms with Crippen molar-refractivity contribution in [2.75, 3.05) is 54.6 Å². The normalized spacial score (nSPS) is 12.4. The van der Waals surface area contributed by atoms with Gasteiger partial charge in [-0.1, -0.05) is 6.07 Å². The van der Waals surface area contributed by atoms with E-state index in [1.54, 1.807) is 14.2 Å². The van der Waals surface area contributed by atoms with Crippen molar-refractivity contribution in [3.63, 3.8) is 0 Å². The number of hydrogen-bond acceptors (Lipinski definition) is 6. The van der Waals surface area contributed by atoms with Crippen LogP contribution >= 0.6 is 0 Å². The molecular weight excluding hydrogens is 296 g/mol. The van der Waals surface area contributed by atoms with Gasteiger partial charge < -0.3 is 29.5 Å². The number of benzene rings is 1. The van der Waals surface area contributed by atoms with E-state index in [1.807, 2.05) is 18.2 Å². The smallest absolute Gasteiger partial charge is 0.161 e. The zero-order valence-electron chi connectivity index (χ0n) is 14.7. The molecule has 2 N–H and O–H groups in total. The Kier molecular flexibility index (Phi) is 9.63. The number of nitrogens with one attached hydrogen (secondary N) is 1. The number of ether oxygens (including phenoxy) is 3. The molecule has 6 nitrogen and oxygen atoms in total. The number of aliphatic hydroxyl groups is 1. The lowest BCUT2D eigenvalue weighted by Gasteiger charge is -2.14. The van der Waals surface area contributed by atoms with E-state index in [-0.39, 0.29) is 0 Å². The summed E-state index contributed by atoms with van der Waals surface area (Å²) in [5.74, 6) is 1.37. The maximum Gasteiger partial charge on any atom is 0.161 e. The van der Waals surface area contributed by atoms with E-state index in [0.717, 1.165) is 25.1 Å². The second-order valence-electron chi connectivity index (χ2n) is 5.72. The zero-order chi connectivity index (χ0) is 17.1. The van der Waals surface area contributed by atoms with E-state index in [9.17, 15) is 5.11 Å². The fourth-order valence-electron chi connectivity index (χ4n) is 2.13. The molecule has 0 fully saturated rings. The minimum Gasteiger partial charge on any atom is -0.493 e. The number of rotatable bonds is 12. The molecule has 1 aromatic rings. The predicted octanol–water partition coefficient (Wildman–Crippen LogP) is 1.12. The third kappa shape index (κ3) is 8.18. The van der Waals surface area contributed by atoms with Gasteiger partial charge in [0.1, 0.15) is 0 Å². The third-order valence-electron chi connectivity index (χ3n) is 3.37. The summed E-state index contributed by atoms with van der Waals surface area (Å²) in [6.45, 7) is 3.20. The summed E-state index contributed by atoms with van der Waals surface area (Å²) in [4.78, 5) is 2.14. The lowest BCUT2D eigenvalue weighted by molar-refractivity contribution is 0.0288. The van der Waals surface area contributed by atoms with E-state index in [0.29, 0.717) is 31.3 Å². The molecule has 0 aliphatic heterocycles. The molecule has 0 saturated heterocycles. The van der Waals surface area contributed by atoms with Crippen LogP contribution in [0, 0.1) is 0 Å². The molecule has 0 bridgehead atoms. The lowest BCUT2D eigenvalue weighted by atomic mass is 10.2. The van der Waals surface area contributed by atoms with Crippen LogP contribution in [-0.4, -0.2) is 70.7 Å². The van der Waals surface area contributed by atoms with Crippen molar-refractivity contribution in [1.29, 1.82) is 0 Å². The Labute approximate surface area is 139 Å². The summed E-state index contributed by atoms with van der Waals surface area (Å²) in [6, 6.07) is 5.65. The average molecular weight is 326 g/mol. The molecule has 0 heterocycles. The summed E-state index contributed by atoms with van der Waals surface area (Å²) in [5, 5.41) is 13.1. The molecule has 0 saturated carbocycles. The predicted molar refractivity (Wildman–Crippen MR) is 91.2 cm³/mol. The van der Waals surface area contributed by atoms with Gasteiger partial charge in [0.2, 0.25) is 0 Å². The molecular formula is C17H30N2O4. The SMILES string of the molecule is COc1ccc(COC[C@H](O)CNCCCN(C)C)cc1OC. The van der Waals surface area contributed by atoms with Gasteiger partial charge in [-0.25, -0.2) is 0 Å². The quantitative estimate of drug-likeness (QED) is 0.561. The Morgan fingerprint density at radius 1 is 1.17 bits per heavy atom. The van der Waals surface area contributed by atoms with Gasteiger partial charge in [-0.3, -0.25) is 0 Å². The maximum atomic E-state index is 9.88. The highest BCUT2D eigenvalue weighted by Gasteiger charge is 2.07. The first kappa shape index (κ1) is 19.7. The van der Waals surface area contributed by atoms with Crippen molar-refractivity contribution in [1.82, 2.24) is 10.2 Å². The van der Waals surface area contributed by atoms with Crippen molar-refractivity contribution < 1.29 is 19.3 Å². The monoisotopic (exact) mass is 326 g/mol. The number of hydrogen-bond donors (Lipinski definition) is 2. The van der Waals surface area contributed by atoms with Crippen LogP contribution in [0.2, 0.25) is 0 Å². The van der Waals surface area contributed by atoms with Crippen LogP contribution in [0.15, 0.2) is 18.2 Å². The molecule has 0 radical (unpaired) electrons. The van der Waals surface area contributed by atoms with Crippen molar-refractivity contribution in [2.45, 2.75) is 19.1 Å². The van der Waals surface area contributed by atoms with Crippen molar-refractivity contribution >= 4 is 0 Å². The minimum atomic E-state index is -0.505. The first-order chi connectivity index (χ1) is 11.1. The molecule has 1 rings (SSSR count). The Hall–Kier alpha value is -1.34. The lowest BCUT2D eigenvalue weighted by Crippen LogP contribution is -2.32. The van der Waals surface area contributed by atoms with Crippen molar-refractivity contribution in [3.8, 4) is 11.5 Å². The largest absolute Gasteiger partial charge is 0.493 e. The van der Waals surface area contributed by atoms with Gasteiger partial charge in [0.15, 0.2) is 11.5 Å². The highest BCUT2D eigenvalue weighted by Crippen LogP contribution is 2.27. The van der Waals surface area contributed by atoms with Crippen molar-refractivity contribution in [3.05, 3.63) is 23.8 Å². The van der Waals surface area contributed by atoms with Crippen molar-refractivity contribution in [2.24, 2.45) is 0 Å². The molecule has 1 atom stereocenters. The van der Waals surface area contributed by atoms with Gasteiger partial charge in [0.25, 0.3) is 0 Å². The first-order valence-corrected chi connectivity index (χ1v) is 7.89. The van der Waals surface area contributed by atoms with Crippen LogP contribution in [0.1, 0.15) is 12.0 Å². The first-order valence-electron chi connectivity index (χ1n) is 7.89. The summed E-state index contributed by atoms with van der Waals surface area (Å²) in [7, 11) is 7.32. The minimum absolute atomic E-state index is 0.301. The van der Waals surface area contributed by atoms with Gasteiger partial charge in [0, 0.05) is 6.54 Å². The van der Waals surface area contributed by atoms with E-state index < -0.39 is 6.10 Å². The van der Waals surface area contributed by atoms with Gasteiger partial charge >= 0.3 is 0 Å². The summed E-state index contributed by atoms with van der Waals surface area (Å²) in [5.41, 5.74) is 0.980. The van der Waals surface area contributed by atoms with E-state index >= 15 is 0 Å². The van der Waals surface area contributed by atoms with Gasteiger partial charge in [0.05, 0.1) is 33.5 Å². The molecule has 23 heavy (non-hydrogen) atoms. The number of aliphatic hydroxyl groups excluding tert-OH is 1. The van der Waals surface area contributed by atoms with Gasteiger partial charge in [-0.05, 0) is 51.3 Å². The molecule has 0 aliphatic carbocycles. The number of methoxy groups -OCH3 is 2. The Morgan fingerprint density at radius 2 is 1.91 bits per heavy atom. The molecule has 1 aromatic carbocycles. The standard InChI is InChI=1S/C17H30N2O4/c1-19(2)9-5-8-18-11-15(20)13-23-12-14-6-7-16(21-3)17(10-14)22-4/h6-7,10,15,18,20H,5,8-9,11-13H2,1-4H3/t15-/m1/s1. The Balaban J connectivity index is 2.20. The molecule has 0 unspecified atom stereocenters. The molecule has 6 heteroatoms. The second kappa shape index (κ2) is 11.2. The molecule has 0 amide bonds. The average Bonchev–Trinajstić information content (AvgIpc) is 2.54. The van der Waals surface area contributed by atoms with Crippen LogP contribution < -0.4 is 14.8 Å². The summed E-state index contributed by atoms with van der Waals surface area (Å²) >= 11 is 0. The molecule has 132 valence electrons. The number of nitrogens with zero attached hydrogens (tertiary/aromatic N) is 1. The second-order valence-corrected chi connectivity index (χ2v) is 5.72. The fourth-order valence-corrected chi connectivity index (χ4v) is 2.13. The van der Waals surface area contributed by atoms with Crippen LogP contribution in [0.3, 0.4) is 0 Å². The topological polar surface area (TPSA) is 63.2 Å². The van der Waals surface area contributed by atoms with Crippen LogP contribution in [-0.2, 0) is 11.3 Å². The van der Waals surface area contributed by atoms with Gasteiger partial charge in [-0.15, -0.1) is 0 Å². The van der Waals surface area contributed by atoms with Crippen LogP contribution in [0.5, 0.6) is 11.5 Å². The highest BCUT2D eigenvalue weighted by molar-refractivity contribution is 5.42. The third-order valence-corrected chi connectivity index (χ3v) is 3.37. The van der Waals surface area contributed by atoms with Gasteiger partial charge in [-0.2, -0.15) is 0 Å². The fraction of sp³-hybridized carbons (Fsp3) is 0.647. The molecule has 0 aliphatic rings. The zero-order valence-corrected chi connectivity index (χ0v) is 14.7. The Morgan fingerprint density at radius 3 is 2.57 bits per heavy atom. The maximum absolute atomic E-state index is 9.88. The van der Waals surface area contributed by atoms with E-state index in [1.165, 1.54) is 0 Å². The van der Waals surface area contributed by atoms with E-state index in [4.69, 9.17) is 14.2 Å². The van der Waals surface area contributed by atoms with Crippen LogP contribution in [0.4, 0.5) is 0 Å². The molecule has 0 aromatic heterocycles. The van der Waals surface area contributed by atoms with E-state index in [2.05, 4.69) is 24.3 Å². The Bertz CT molecular complexity index is 441.